The van der Waals surface area contributed by atoms with E-state index >= 15 is 0 Å². The fourth-order valence-corrected chi connectivity index (χ4v) is 2.45. The molecule has 2 aromatic rings. The Morgan fingerprint density at radius 2 is 1.96 bits per heavy atom. The molecule has 0 heterocycles. The van der Waals surface area contributed by atoms with Gasteiger partial charge in [-0.3, -0.25) is 0 Å². The maximum Gasteiger partial charge on any atom is 0.191 e. The lowest BCUT2D eigenvalue weighted by atomic mass is 10.1. The van der Waals surface area contributed by atoms with Crippen LogP contribution in [0.25, 0.3) is 0 Å². The number of guanidine groups is 1. The molecule has 2 rings (SSSR count). The van der Waals surface area contributed by atoms with E-state index in [2.05, 4.69) is 21.7 Å². The van der Waals surface area contributed by atoms with Crippen molar-refractivity contribution in [3.63, 3.8) is 0 Å². The molecule has 27 heavy (non-hydrogen) atoms. The highest BCUT2D eigenvalue weighted by atomic mass is 127. The largest absolute Gasteiger partial charge is 0.489 e. The van der Waals surface area contributed by atoms with E-state index in [4.69, 9.17) is 10.00 Å². The monoisotopic (exact) mass is 478 g/mol. The van der Waals surface area contributed by atoms with Gasteiger partial charge in [-0.2, -0.15) is 5.26 Å². The van der Waals surface area contributed by atoms with E-state index in [-0.39, 0.29) is 30.1 Å². The molecule has 0 aliphatic carbocycles. The van der Waals surface area contributed by atoms with E-state index in [0.717, 1.165) is 23.8 Å². The minimum absolute atomic E-state index is 0. The fourth-order valence-electron chi connectivity index (χ4n) is 2.45. The Hall–Kier alpha value is -2.27. The minimum atomic E-state index is 0. The Morgan fingerprint density at radius 3 is 2.67 bits per heavy atom. The standard InChI is InChI=1S/C21H26N4O.HI/c1-4-23-21(25-15-19-9-6-8-18(12-19)13-22)24-14-17(3)26-20-10-5-7-16(2)11-20;/h5-12,17H,4,14-15H2,1-3H3,(H2,23,24,25);1H. The molecule has 0 saturated carbocycles. The summed E-state index contributed by atoms with van der Waals surface area (Å²) in [4.78, 5) is 4.58. The number of nitrogens with one attached hydrogen (secondary N) is 2. The average molecular weight is 478 g/mol. The fraction of sp³-hybridized carbons (Fsp3) is 0.333. The predicted octanol–water partition coefficient (Wildman–Crippen LogP) is 4.01. The number of aliphatic imine (C=N–C) groups is 1. The van der Waals surface area contributed by atoms with Crippen LogP contribution in [0.4, 0.5) is 0 Å². The molecular weight excluding hydrogens is 451 g/mol. The van der Waals surface area contributed by atoms with E-state index in [1.807, 2.05) is 63.2 Å². The zero-order valence-electron chi connectivity index (χ0n) is 16.0. The third kappa shape index (κ3) is 8.31. The molecular formula is C21H27IN4O. The molecule has 144 valence electrons. The summed E-state index contributed by atoms with van der Waals surface area (Å²) in [5, 5.41) is 15.5. The Kier molecular flexibility index (Phi) is 10.3. The molecule has 0 amide bonds. The van der Waals surface area contributed by atoms with Gasteiger partial charge in [-0.15, -0.1) is 24.0 Å². The molecule has 5 nitrogen and oxygen atoms in total. The molecule has 2 N–H and O–H groups in total. The van der Waals surface area contributed by atoms with Gasteiger partial charge in [0.2, 0.25) is 0 Å². The summed E-state index contributed by atoms with van der Waals surface area (Å²) in [6, 6.07) is 17.7. The zero-order valence-corrected chi connectivity index (χ0v) is 18.4. The highest BCUT2D eigenvalue weighted by Crippen LogP contribution is 2.13. The van der Waals surface area contributed by atoms with Gasteiger partial charge in [0.1, 0.15) is 11.9 Å². The van der Waals surface area contributed by atoms with Gasteiger partial charge >= 0.3 is 0 Å². The number of halogens is 1. The van der Waals surface area contributed by atoms with Crippen molar-refractivity contribution >= 4 is 29.9 Å². The van der Waals surface area contributed by atoms with E-state index in [1.165, 1.54) is 5.56 Å². The first-order valence-corrected chi connectivity index (χ1v) is 8.85. The van der Waals surface area contributed by atoms with E-state index in [9.17, 15) is 0 Å². The van der Waals surface area contributed by atoms with E-state index < -0.39 is 0 Å². The second kappa shape index (κ2) is 12.2. The Bertz CT molecular complexity index is 786. The highest BCUT2D eigenvalue weighted by Gasteiger charge is 2.06. The normalized spacial score (nSPS) is 11.7. The van der Waals surface area contributed by atoms with Crippen LogP contribution in [-0.4, -0.2) is 25.2 Å². The van der Waals surface area contributed by atoms with Crippen molar-refractivity contribution in [1.82, 2.24) is 10.6 Å². The lowest BCUT2D eigenvalue weighted by Gasteiger charge is -2.18. The van der Waals surface area contributed by atoms with Crippen molar-refractivity contribution in [2.75, 3.05) is 13.1 Å². The molecule has 6 heteroatoms. The highest BCUT2D eigenvalue weighted by molar-refractivity contribution is 14.0. The van der Waals surface area contributed by atoms with Crippen LogP contribution in [0.15, 0.2) is 53.5 Å². The summed E-state index contributed by atoms with van der Waals surface area (Å²) >= 11 is 0. The van der Waals surface area contributed by atoms with Crippen LogP contribution in [-0.2, 0) is 6.54 Å². The van der Waals surface area contributed by atoms with Gasteiger partial charge in [-0.1, -0.05) is 24.3 Å². The summed E-state index contributed by atoms with van der Waals surface area (Å²) in [5.41, 5.74) is 2.83. The van der Waals surface area contributed by atoms with Crippen LogP contribution in [0.5, 0.6) is 5.75 Å². The number of aryl methyl sites for hydroxylation is 1. The lowest BCUT2D eigenvalue weighted by Crippen LogP contribution is -2.41. The molecule has 0 fully saturated rings. The topological polar surface area (TPSA) is 69.4 Å². The molecule has 2 aromatic carbocycles. The molecule has 0 aliphatic rings. The summed E-state index contributed by atoms with van der Waals surface area (Å²) < 4.78 is 5.94. The number of hydrogen-bond acceptors (Lipinski definition) is 3. The molecule has 0 radical (unpaired) electrons. The quantitative estimate of drug-likeness (QED) is 0.359. The van der Waals surface area contributed by atoms with Crippen LogP contribution < -0.4 is 15.4 Å². The summed E-state index contributed by atoms with van der Waals surface area (Å²) in [7, 11) is 0. The first kappa shape index (κ1) is 22.8. The predicted molar refractivity (Wildman–Crippen MR) is 121 cm³/mol. The summed E-state index contributed by atoms with van der Waals surface area (Å²) in [6.45, 7) is 8.02. The van der Waals surface area contributed by atoms with Crippen LogP contribution in [0.3, 0.4) is 0 Å². The smallest absolute Gasteiger partial charge is 0.191 e. The SMILES string of the molecule is CCNC(=NCc1cccc(C#N)c1)NCC(C)Oc1cccc(C)c1.I. The van der Waals surface area contributed by atoms with Crippen molar-refractivity contribution in [1.29, 1.82) is 5.26 Å². The average Bonchev–Trinajstić information content (AvgIpc) is 2.64. The van der Waals surface area contributed by atoms with Crippen molar-refractivity contribution < 1.29 is 4.74 Å². The van der Waals surface area contributed by atoms with Crippen molar-refractivity contribution in [2.24, 2.45) is 4.99 Å². The third-order valence-corrected chi connectivity index (χ3v) is 3.70. The lowest BCUT2D eigenvalue weighted by molar-refractivity contribution is 0.223. The van der Waals surface area contributed by atoms with Crippen LogP contribution >= 0.6 is 24.0 Å². The first-order valence-electron chi connectivity index (χ1n) is 8.85. The van der Waals surface area contributed by atoms with Gasteiger partial charge < -0.3 is 15.4 Å². The van der Waals surface area contributed by atoms with Gasteiger partial charge in [0, 0.05) is 6.54 Å². The summed E-state index contributed by atoms with van der Waals surface area (Å²) in [6.07, 6.45) is 0.00238. The zero-order chi connectivity index (χ0) is 18.8. The Morgan fingerprint density at radius 1 is 1.19 bits per heavy atom. The van der Waals surface area contributed by atoms with E-state index in [0.29, 0.717) is 18.7 Å². The Labute approximate surface area is 178 Å². The van der Waals surface area contributed by atoms with Gasteiger partial charge in [-0.05, 0) is 56.2 Å². The maximum absolute atomic E-state index is 8.98. The molecule has 0 aromatic heterocycles. The molecule has 0 saturated heterocycles. The van der Waals surface area contributed by atoms with Gasteiger partial charge in [0.25, 0.3) is 0 Å². The van der Waals surface area contributed by atoms with Gasteiger partial charge in [0.05, 0.1) is 24.7 Å². The number of ether oxygens (including phenoxy) is 1. The number of hydrogen-bond donors (Lipinski definition) is 2. The van der Waals surface area contributed by atoms with Crippen LogP contribution in [0, 0.1) is 18.3 Å². The molecule has 0 aliphatic heterocycles. The van der Waals surface area contributed by atoms with Crippen LogP contribution in [0.1, 0.15) is 30.5 Å². The van der Waals surface area contributed by atoms with Gasteiger partial charge in [0.15, 0.2) is 5.96 Å². The van der Waals surface area contributed by atoms with Crippen LogP contribution in [0.2, 0.25) is 0 Å². The third-order valence-electron chi connectivity index (χ3n) is 3.70. The number of benzene rings is 2. The number of nitrogens with zero attached hydrogens (tertiary/aromatic N) is 2. The summed E-state index contributed by atoms with van der Waals surface area (Å²) in [5.74, 6) is 1.60. The number of rotatable bonds is 7. The maximum atomic E-state index is 8.98. The number of nitriles is 1. The molecule has 1 atom stereocenters. The second-order valence-electron chi connectivity index (χ2n) is 6.13. The second-order valence-corrected chi connectivity index (χ2v) is 6.13. The minimum Gasteiger partial charge on any atom is -0.489 e. The molecule has 1 unspecified atom stereocenters. The first-order chi connectivity index (χ1) is 12.6. The molecule has 0 spiro atoms. The van der Waals surface area contributed by atoms with Crippen molar-refractivity contribution in [3.05, 3.63) is 65.2 Å². The molecule has 0 bridgehead atoms. The van der Waals surface area contributed by atoms with E-state index in [1.54, 1.807) is 6.07 Å². The Balaban J connectivity index is 0.00000364. The van der Waals surface area contributed by atoms with Crippen molar-refractivity contribution in [3.8, 4) is 11.8 Å². The van der Waals surface area contributed by atoms with Crippen molar-refractivity contribution in [2.45, 2.75) is 33.4 Å². The van der Waals surface area contributed by atoms with Gasteiger partial charge in [-0.25, -0.2) is 4.99 Å².